The Morgan fingerprint density at radius 1 is 1.13 bits per heavy atom. The van der Waals surface area contributed by atoms with Gasteiger partial charge in [-0.05, 0) is 41.4 Å². The highest BCUT2D eigenvalue weighted by Gasteiger charge is 2.31. The number of hydrogen-bond acceptors (Lipinski definition) is 5. The Bertz CT molecular complexity index is 1270. The third-order valence-electron chi connectivity index (χ3n) is 4.14. The number of carbonyl (C=O) groups excluding carboxylic acids is 1. The van der Waals surface area contributed by atoms with E-state index in [1.807, 2.05) is 0 Å². The average Bonchev–Trinajstić information content (AvgIpc) is 2.86. The largest absolute Gasteiger partial charge is 0.573 e. The summed E-state index contributed by atoms with van der Waals surface area (Å²) in [6.07, 6.45) is -5.89. The van der Waals surface area contributed by atoms with Crippen LogP contribution in [0.3, 0.4) is 0 Å². The van der Waals surface area contributed by atoms with Gasteiger partial charge in [-0.25, -0.2) is 9.97 Å². The highest BCUT2D eigenvalue weighted by atomic mass is 19.4. The molecule has 0 spiro atoms. The number of ether oxygens (including phenoxy) is 2. The molecule has 3 aromatic rings. The van der Waals surface area contributed by atoms with Gasteiger partial charge in [0.1, 0.15) is 23.9 Å². The molecular weight excluding hydrogens is 399 g/mol. The van der Waals surface area contributed by atoms with E-state index in [0.29, 0.717) is 11.1 Å². The third kappa shape index (κ3) is 4.51. The zero-order chi connectivity index (χ0) is 25.5. The second-order valence-electron chi connectivity index (χ2n) is 6.11. The van der Waals surface area contributed by atoms with Crippen LogP contribution in [0.25, 0.3) is 11.1 Å². The molecule has 0 radical (unpaired) electrons. The van der Waals surface area contributed by atoms with Gasteiger partial charge in [-0.3, -0.25) is 4.79 Å². The van der Waals surface area contributed by atoms with Crippen LogP contribution < -0.4 is 9.47 Å². The molecule has 1 aliphatic rings. The highest BCUT2D eigenvalue weighted by molar-refractivity contribution is 5.98. The summed E-state index contributed by atoms with van der Waals surface area (Å²) in [5.74, 6) is -1.27. The van der Waals surface area contributed by atoms with Gasteiger partial charge in [0, 0.05) is 12.3 Å². The lowest BCUT2D eigenvalue weighted by Gasteiger charge is -2.19. The number of fused-ring (bicyclic) bond motifs is 1. The Morgan fingerprint density at radius 2 is 1.83 bits per heavy atom. The number of hydrogen-bond donors (Lipinski definition) is 0. The van der Waals surface area contributed by atoms with Crippen LogP contribution in [0.2, 0.25) is 0 Å². The predicted molar refractivity (Wildman–Crippen MR) is 101 cm³/mol. The van der Waals surface area contributed by atoms with Gasteiger partial charge in [-0.15, -0.1) is 13.2 Å². The minimum absolute atomic E-state index is 0.00574. The second-order valence-corrected chi connectivity index (χ2v) is 6.11. The molecule has 2 heterocycles. The maximum Gasteiger partial charge on any atom is 0.573 e. The molecule has 0 saturated heterocycles. The van der Waals surface area contributed by atoms with Gasteiger partial charge in [-0.2, -0.15) is 0 Å². The maximum absolute atomic E-state index is 13.4. The van der Waals surface area contributed by atoms with Crippen LogP contribution >= 0.6 is 0 Å². The summed E-state index contributed by atoms with van der Waals surface area (Å²) in [7, 11) is 0. The molecule has 154 valence electrons. The molecular formula is C21H16F3N3O3. The van der Waals surface area contributed by atoms with Crippen LogP contribution in [0.1, 0.15) is 23.0 Å². The number of amides is 1. The fourth-order valence-electron chi connectivity index (χ4n) is 2.83. The van der Waals surface area contributed by atoms with E-state index in [9.17, 15) is 18.0 Å². The van der Waals surface area contributed by atoms with E-state index in [2.05, 4.69) is 14.7 Å². The molecule has 6 nitrogen and oxygen atoms in total. The molecule has 0 aliphatic carbocycles. The van der Waals surface area contributed by atoms with Crippen molar-refractivity contribution in [2.24, 2.45) is 0 Å². The normalized spacial score (nSPS) is 18.0. The summed E-state index contributed by atoms with van der Waals surface area (Å²) in [4.78, 5) is 21.7. The van der Waals surface area contributed by atoms with Gasteiger partial charge >= 0.3 is 6.36 Å². The first kappa shape index (κ1) is 14.4. The first-order valence-electron chi connectivity index (χ1n) is 11.1. The minimum Gasteiger partial charge on any atom is -0.491 e. The lowest BCUT2D eigenvalue weighted by Crippen LogP contribution is -2.32. The number of aromatic nitrogens is 2. The fourth-order valence-corrected chi connectivity index (χ4v) is 2.83. The molecule has 1 aromatic heterocycles. The molecule has 0 N–H and O–H groups in total. The van der Waals surface area contributed by atoms with Crippen LogP contribution in [0.4, 0.5) is 13.2 Å². The lowest BCUT2D eigenvalue weighted by atomic mass is 10.0. The third-order valence-corrected chi connectivity index (χ3v) is 4.14. The monoisotopic (exact) mass is 420 g/mol. The number of nitrogens with zero attached hydrogens (tertiary/aromatic N) is 3. The van der Waals surface area contributed by atoms with Crippen molar-refractivity contribution in [3.05, 3.63) is 72.2 Å². The Hall–Kier alpha value is -3.62. The lowest BCUT2D eigenvalue weighted by molar-refractivity contribution is -0.274. The average molecular weight is 420 g/mol. The van der Waals surface area contributed by atoms with E-state index in [-0.39, 0.29) is 17.1 Å². The Labute approximate surface area is 176 Å². The molecule has 1 amide bonds. The second kappa shape index (κ2) is 8.02. The van der Waals surface area contributed by atoms with E-state index in [1.165, 1.54) is 24.3 Å². The minimum atomic E-state index is -4.83. The van der Waals surface area contributed by atoms with E-state index in [1.54, 1.807) is 6.07 Å². The van der Waals surface area contributed by atoms with Gasteiger partial charge in [0.05, 0.1) is 25.5 Å². The summed E-state index contributed by atoms with van der Waals surface area (Å²) in [5, 5.41) is 0. The van der Waals surface area contributed by atoms with Gasteiger partial charge in [0.2, 0.25) is 0 Å². The number of benzene rings is 2. The summed E-state index contributed by atoms with van der Waals surface area (Å²) in [6.45, 7) is -3.31. The Kier molecular flexibility index (Phi) is 3.84. The highest BCUT2D eigenvalue weighted by Crippen LogP contribution is 2.31. The van der Waals surface area contributed by atoms with Crippen LogP contribution in [-0.2, 0) is 6.54 Å². The number of alkyl halides is 3. The van der Waals surface area contributed by atoms with Crippen LogP contribution in [0, 0.1) is 0 Å². The molecule has 30 heavy (non-hydrogen) atoms. The number of carbonyl (C=O) groups is 1. The van der Waals surface area contributed by atoms with Crippen molar-refractivity contribution < 1.29 is 34.3 Å². The molecule has 0 atom stereocenters. The Morgan fingerprint density at radius 3 is 2.53 bits per heavy atom. The molecule has 4 rings (SSSR count). The van der Waals surface area contributed by atoms with Gasteiger partial charge in [-0.1, -0.05) is 18.2 Å². The van der Waals surface area contributed by atoms with Gasteiger partial charge in [0.15, 0.2) is 0 Å². The number of rotatable bonds is 4. The zero-order valence-corrected chi connectivity index (χ0v) is 15.2. The topological polar surface area (TPSA) is 64.6 Å². The van der Waals surface area contributed by atoms with Crippen molar-refractivity contribution in [1.82, 2.24) is 14.9 Å². The molecule has 0 fully saturated rings. The molecule has 1 aliphatic heterocycles. The molecule has 0 saturated carbocycles. The summed E-state index contributed by atoms with van der Waals surface area (Å²) in [6, 6.07) is 8.97. The first-order chi connectivity index (χ1) is 16.3. The summed E-state index contributed by atoms with van der Waals surface area (Å²) in [5.41, 5.74) is 0.924. The first-order valence-corrected chi connectivity index (χ1v) is 8.60. The number of halogens is 3. The van der Waals surface area contributed by atoms with Crippen molar-refractivity contribution in [3.8, 4) is 22.6 Å². The van der Waals surface area contributed by atoms with E-state index >= 15 is 0 Å². The van der Waals surface area contributed by atoms with Gasteiger partial charge in [0.25, 0.3) is 5.91 Å². The maximum atomic E-state index is 13.4. The van der Waals surface area contributed by atoms with Gasteiger partial charge < -0.3 is 14.4 Å². The van der Waals surface area contributed by atoms with E-state index in [0.717, 1.165) is 17.0 Å². The molecule has 0 bridgehead atoms. The van der Waals surface area contributed by atoms with E-state index < -0.39 is 56.1 Å². The smallest absolute Gasteiger partial charge is 0.491 e. The summed E-state index contributed by atoms with van der Waals surface area (Å²) >= 11 is 0. The van der Waals surface area contributed by atoms with Crippen molar-refractivity contribution in [2.75, 3.05) is 13.1 Å². The zero-order valence-electron chi connectivity index (χ0n) is 20.2. The van der Waals surface area contributed by atoms with Crippen molar-refractivity contribution in [1.29, 1.82) is 0 Å². The fraction of sp³-hybridized carbons (Fsp3) is 0.190. The van der Waals surface area contributed by atoms with Crippen LogP contribution in [0.15, 0.2) is 60.9 Å². The van der Waals surface area contributed by atoms with Crippen LogP contribution in [0.5, 0.6) is 11.5 Å². The summed E-state index contributed by atoms with van der Waals surface area (Å²) < 4.78 is 86.0. The molecule has 0 unspecified atom stereocenters. The van der Waals surface area contributed by atoms with Crippen molar-refractivity contribution >= 4 is 5.91 Å². The van der Waals surface area contributed by atoms with Crippen LogP contribution in [-0.4, -0.2) is 40.2 Å². The quantitative estimate of drug-likeness (QED) is 0.637. The van der Waals surface area contributed by atoms with Crippen molar-refractivity contribution in [2.45, 2.75) is 12.9 Å². The molecule has 9 heteroatoms. The standard InChI is InChI=1S/C21H16F3N3O3/c22-21(23,24)30-16-5-2-14(3-6-16)15-4-7-18-17(12-15)20(28)27(10-11-29-18)13-19-25-8-1-9-26-19/h1-9,12H,10-11,13H2/i1D,8D,9D,10D2. The SMILES string of the molecule is [2H]c1nc(CN2C(=O)c3cc(-c4ccc(OC(F)(F)F)cc4)ccc3OCC2([2H])[2H])nc([2H])c1[2H]. The predicted octanol–water partition coefficient (Wildman–Crippen LogP) is 4.08. The molecule has 2 aromatic carbocycles. The van der Waals surface area contributed by atoms with Crippen molar-refractivity contribution in [3.63, 3.8) is 0 Å². The Balaban J connectivity index is 1.67. The van der Waals surface area contributed by atoms with E-state index in [4.69, 9.17) is 11.6 Å².